The molecule has 0 aromatic carbocycles. The summed E-state index contributed by atoms with van der Waals surface area (Å²) in [6.07, 6.45) is 1.64. The van der Waals surface area contributed by atoms with E-state index in [1.54, 1.807) is 6.20 Å². The summed E-state index contributed by atoms with van der Waals surface area (Å²) < 4.78 is 11.1. The number of halogens is 1. The highest BCUT2D eigenvalue weighted by molar-refractivity contribution is 6.31. The average Bonchev–Trinajstić information content (AvgIpc) is 2.41. The molecule has 1 N–H and O–H groups in total. The maximum Gasteiger partial charge on any atom is 0.213 e. The minimum Gasteiger partial charge on any atom is -0.475 e. The molecule has 1 aromatic heterocycles. The lowest BCUT2D eigenvalue weighted by Gasteiger charge is -2.11. The zero-order chi connectivity index (χ0) is 15.7. The van der Waals surface area contributed by atoms with Crippen molar-refractivity contribution in [2.24, 2.45) is 11.8 Å². The minimum absolute atomic E-state index is 0.500. The van der Waals surface area contributed by atoms with Gasteiger partial charge >= 0.3 is 0 Å². The Bertz CT molecular complexity index is 411. The summed E-state index contributed by atoms with van der Waals surface area (Å²) >= 11 is 6.15. The second kappa shape index (κ2) is 9.98. The van der Waals surface area contributed by atoms with Gasteiger partial charge in [0.15, 0.2) is 0 Å². The molecule has 0 unspecified atom stereocenters. The van der Waals surface area contributed by atoms with Crippen LogP contribution in [0.1, 0.15) is 33.3 Å². The van der Waals surface area contributed by atoms with Crippen molar-refractivity contribution in [3.63, 3.8) is 0 Å². The molecule has 0 saturated carbocycles. The number of rotatable bonds is 10. The first-order chi connectivity index (χ1) is 9.99. The predicted octanol–water partition coefficient (Wildman–Crippen LogP) is 3.53. The fourth-order valence-corrected chi connectivity index (χ4v) is 1.86. The molecule has 1 heterocycles. The van der Waals surface area contributed by atoms with Gasteiger partial charge in [-0.15, -0.1) is 0 Å². The lowest BCUT2D eigenvalue weighted by atomic mass is 10.2. The van der Waals surface area contributed by atoms with Crippen molar-refractivity contribution >= 4 is 11.6 Å². The average molecular weight is 315 g/mol. The van der Waals surface area contributed by atoms with E-state index in [2.05, 4.69) is 38.0 Å². The number of nitrogens with one attached hydrogen (secondary N) is 1. The van der Waals surface area contributed by atoms with Crippen LogP contribution in [-0.2, 0) is 11.3 Å². The van der Waals surface area contributed by atoms with Crippen LogP contribution in [0.15, 0.2) is 12.3 Å². The molecule has 5 heteroatoms. The van der Waals surface area contributed by atoms with Crippen LogP contribution in [0, 0.1) is 11.8 Å². The van der Waals surface area contributed by atoms with Crippen molar-refractivity contribution in [3.05, 3.63) is 22.8 Å². The van der Waals surface area contributed by atoms with Gasteiger partial charge in [0.1, 0.15) is 6.61 Å². The molecule has 0 atom stereocenters. The summed E-state index contributed by atoms with van der Waals surface area (Å²) in [6, 6.07) is 1.89. The van der Waals surface area contributed by atoms with Gasteiger partial charge < -0.3 is 14.8 Å². The Morgan fingerprint density at radius 1 is 1.19 bits per heavy atom. The van der Waals surface area contributed by atoms with E-state index in [-0.39, 0.29) is 0 Å². The third kappa shape index (κ3) is 8.24. The van der Waals surface area contributed by atoms with E-state index in [1.165, 1.54) is 0 Å². The van der Waals surface area contributed by atoms with Crippen molar-refractivity contribution in [2.45, 2.75) is 34.2 Å². The van der Waals surface area contributed by atoms with Crippen molar-refractivity contribution in [3.8, 4) is 5.88 Å². The van der Waals surface area contributed by atoms with E-state index in [9.17, 15) is 0 Å². The quantitative estimate of drug-likeness (QED) is 0.671. The first-order valence-corrected chi connectivity index (χ1v) is 7.92. The number of nitrogens with zero attached hydrogens (tertiary/aromatic N) is 1. The second-order valence-corrected chi connectivity index (χ2v) is 6.36. The van der Waals surface area contributed by atoms with Gasteiger partial charge in [-0.3, -0.25) is 0 Å². The Hall–Kier alpha value is -0.840. The topological polar surface area (TPSA) is 43.4 Å². The standard InChI is InChI=1S/C16H27ClN2O2/c1-12(2)8-18-9-14-7-16(19-10-15(14)17)21-6-5-20-11-13(3)4/h7,10,12-13,18H,5-6,8-9,11H2,1-4H3. The number of hydrogen-bond acceptors (Lipinski definition) is 4. The largest absolute Gasteiger partial charge is 0.475 e. The highest BCUT2D eigenvalue weighted by Gasteiger charge is 2.05. The second-order valence-electron chi connectivity index (χ2n) is 5.96. The zero-order valence-electron chi connectivity index (χ0n) is 13.5. The van der Waals surface area contributed by atoms with Crippen molar-refractivity contribution in [1.82, 2.24) is 10.3 Å². The smallest absolute Gasteiger partial charge is 0.213 e. The van der Waals surface area contributed by atoms with E-state index in [4.69, 9.17) is 21.1 Å². The molecule has 0 aliphatic rings. The van der Waals surface area contributed by atoms with Crippen molar-refractivity contribution in [1.29, 1.82) is 0 Å². The van der Waals surface area contributed by atoms with Gasteiger partial charge in [0.05, 0.1) is 11.6 Å². The first kappa shape index (κ1) is 18.2. The van der Waals surface area contributed by atoms with Gasteiger partial charge in [-0.2, -0.15) is 0 Å². The molecule has 0 saturated heterocycles. The predicted molar refractivity (Wildman–Crippen MR) is 86.9 cm³/mol. The molecular formula is C16H27ClN2O2. The summed E-state index contributed by atoms with van der Waals surface area (Å²) in [7, 11) is 0. The van der Waals surface area contributed by atoms with E-state index in [0.29, 0.717) is 36.0 Å². The molecule has 0 radical (unpaired) electrons. The maximum absolute atomic E-state index is 6.15. The van der Waals surface area contributed by atoms with E-state index >= 15 is 0 Å². The Kier molecular flexibility index (Phi) is 8.66. The molecule has 21 heavy (non-hydrogen) atoms. The number of hydrogen-bond donors (Lipinski definition) is 1. The molecule has 0 aliphatic carbocycles. The third-order valence-electron chi connectivity index (χ3n) is 2.71. The SMILES string of the molecule is CC(C)CNCc1cc(OCCOCC(C)C)ncc1Cl. The highest BCUT2D eigenvalue weighted by Crippen LogP contribution is 2.19. The summed E-state index contributed by atoms with van der Waals surface area (Å²) in [6.45, 7) is 12.1. The molecule has 0 aliphatic heterocycles. The van der Waals surface area contributed by atoms with Gasteiger partial charge in [0.25, 0.3) is 0 Å². The Balaban J connectivity index is 2.38. The molecule has 1 aromatic rings. The molecule has 0 amide bonds. The van der Waals surface area contributed by atoms with Crippen LogP contribution in [0.4, 0.5) is 0 Å². The summed E-state index contributed by atoms with van der Waals surface area (Å²) in [4.78, 5) is 4.18. The minimum atomic E-state index is 0.500. The third-order valence-corrected chi connectivity index (χ3v) is 3.05. The number of pyridine rings is 1. The van der Waals surface area contributed by atoms with Gasteiger partial charge in [0.2, 0.25) is 5.88 Å². The molecule has 0 bridgehead atoms. The Morgan fingerprint density at radius 2 is 1.95 bits per heavy atom. The summed E-state index contributed by atoms with van der Waals surface area (Å²) in [5.41, 5.74) is 1.01. The monoisotopic (exact) mass is 314 g/mol. The van der Waals surface area contributed by atoms with Crippen molar-refractivity contribution < 1.29 is 9.47 Å². The molecular weight excluding hydrogens is 288 g/mol. The first-order valence-electron chi connectivity index (χ1n) is 7.54. The fraction of sp³-hybridized carbons (Fsp3) is 0.688. The van der Waals surface area contributed by atoms with E-state index in [1.807, 2.05) is 6.07 Å². The molecule has 1 rings (SSSR count). The van der Waals surface area contributed by atoms with Gasteiger partial charge in [-0.1, -0.05) is 39.3 Å². The van der Waals surface area contributed by atoms with Crippen LogP contribution in [0.2, 0.25) is 5.02 Å². The molecule has 0 fully saturated rings. The van der Waals surface area contributed by atoms with E-state index < -0.39 is 0 Å². The van der Waals surface area contributed by atoms with Crippen LogP contribution in [0.5, 0.6) is 5.88 Å². The van der Waals surface area contributed by atoms with E-state index in [0.717, 1.165) is 25.3 Å². The lowest BCUT2D eigenvalue weighted by Crippen LogP contribution is -2.19. The van der Waals surface area contributed by atoms with Crippen LogP contribution >= 0.6 is 11.6 Å². The molecule has 0 spiro atoms. The fourth-order valence-electron chi connectivity index (χ4n) is 1.69. The normalized spacial score (nSPS) is 11.4. The lowest BCUT2D eigenvalue weighted by molar-refractivity contribution is 0.0806. The van der Waals surface area contributed by atoms with Crippen LogP contribution in [0.25, 0.3) is 0 Å². The van der Waals surface area contributed by atoms with Gasteiger partial charge in [0, 0.05) is 25.4 Å². The number of aromatic nitrogens is 1. The van der Waals surface area contributed by atoms with Gasteiger partial charge in [-0.05, 0) is 23.9 Å². The van der Waals surface area contributed by atoms with Crippen LogP contribution in [0.3, 0.4) is 0 Å². The van der Waals surface area contributed by atoms with Gasteiger partial charge in [-0.25, -0.2) is 4.98 Å². The highest BCUT2D eigenvalue weighted by atomic mass is 35.5. The Morgan fingerprint density at radius 3 is 2.62 bits per heavy atom. The Labute approximate surface area is 133 Å². The summed E-state index contributed by atoms with van der Waals surface area (Å²) in [5.74, 6) is 1.74. The van der Waals surface area contributed by atoms with Crippen molar-refractivity contribution in [2.75, 3.05) is 26.4 Å². The number of ether oxygens (including phenoxy) is 2. The summed E-state index contributed by atoms with van der Waals surface area (Å²) in [5, 5.41) is 4.03. The van der Waals surface area contributed by atoms with Crippen LogP contribution in [-0.4, -0.2) is 31.3 Å². The van der Waals surface area contributed by atoms with Crippen LogP contribution < -0.4 is 10.1 Å². The molecule has 4 nitrogen and oxygen atoms in total. The zero-order valence-corrected chi connectivity index (χ0v) is 14.2. The molecule has 120 valence electrons. The maximum atomic E-state index is 6.15.